The van der Waals surface area contributed by atoms with E-state index >= 15 is 0 Å². The lowest BCUT2D eigenvalue weighted by molar-refractivity contribution is 0.338. The summed E-state index contributed by atoms with van der Waals surface area (Å²) in [6.07, 6.45) is -0.449. The lowest BCUT2D eigenvalue weighted by atomic mass is 10.1. The maximum absolute atomic E-state index is 5.84. The third kappa shape index (κ3) is 3.98. The second-order valence-corrected chi connectivity index (χ2v) is 7.11. The molecule has 1 unspecified atom stereocenters. The summed E-state index contributed by atoms with van der Waals surface area (Å²) < 4.78 is 5.84. The summed E-state index contributed by atoms with van der Waals surface area (Å²) in [7, 11) is 0. The van der Waals surface area contributed by atoms with Crippen LogP contribution in [-0.4, -0.2) is 35.6 Å². The first-order valence-electron chi connectivity index (χ1n) is 10.5. The van der Waals surface area contributed by atoms with Crippen LogP contribution in [-0.2, 0) is 0 Å². The van der Waals surface area contributed by atoms with Gasteiger partial charge in [0, 0.05) is 11.4 Å². The average molecular weight is 425 g/mol. The average Bonchev–Trinajstić information content (AvgIpc) is 3.25. The van der Waals surface area contributed by atoms with Crippen molar-refractivity contribution in [2.24, 2.45) is 15.1 Å². The molecular weight excluding hydrogens is 402 g/mol. The number of benzene rings is 3. The fraction of sp³-hybridized carbons (Fsp3) is 0.125. The Morgan fingerprint density at radius 1 is 0.875 bits per heavy atom. The fourth-order valence-corrected chi connectivity index (χ4v) is 3.52. The van der Waals surface area contributed by atoms with Gasteiger partial charge in [-0.2, -0.15) is 10.1 Å². The van der Waals surface area contributed by atoms with Crippen LogP contribution in [0.3, 0.4) is 0 Å². The molecular formula is C24H23N7O. The number of hydrazone groups is 1. The standard InChI is InChI=1S/C24H23N7O/c1-2-32-20-16-10-9-15-19(20)21-29-30-24-28-22(25-17-11-5-3-6-12-17)27-23(31(21)24)26-18-13-7-4-8-14-18/h3-16,24,30H,2H2,1H3,(H2,25,26,27,28). The number of para-hydroxylation sites is 3. The number of fused-ring (bicyclic) bond motifs is 1. The van der Waals surface area contributed by atoms with Crippen LogP contribution in [0, 0.1) is 0 Å². The number of ether oxygens (including phenoxy) is 1. The quantitative estimate of drug-likeness (QED) is 0.578. The molecule has 8 nitrogen and oxygen atoms in total. The van der Waals surface area contributed by atoms with Crippen molar-refractivity contribution in [1.29, 1.82) is 0 Å². The molecule has 3 N–H and O–H groups in total. The van der Waals surface area contributed by atoms with Crippen LogP contribution < -0.4 is 20.8 Å². The summed E-state index contributed by atoms with van der Waals surface area (Å²) in [6, 6.07) is 27.6. The minimum Gasteiger partial charge on any atom is -0.493 e. The van der Waals surface area contributed by atoms with E-state index in [2.05, 4.69) is 21.2 Å². The van der Waals surface area contributed by atoms with Crippen LogP contribution in [0.5, 0.6) is 5.75 Å². The third-order valence-corrected chi connectivity index (χ3v) is 4.93. The Bertz CT molecular complexity index is 1180. The number of hydrogen-bond donors (Lipinski definition) is 3. The van der Waals surface area contributed by atoms with E-state index in [0.717, 1.165) is 22.7 Å². The number of anilines is 2. The molecule has 2 aliphatic rings. The van der Waals surface area contributed by atoms with E-state index in [1.807, 2.05) is 96.8 Å². The lowest BCUT2D eigenvalue weighted by Crippen LogP contribution is -2.50. The maximum Gasteiger partial charge on any atom is 0.229 e. The first-order chi connectivity index (χ1) is 15.8. The topological polar surface area (TPSA) is 85.6 Å². The first kappa shape index (κ1) is 19.6. The molecule has 0 aliphatic carbocycles. The highest BCUT2D eigenvalue weighted by molar-refractivity contribution is 6.18. The van der Waals surface area contributed by atoms with Gasteiger partial charge in [0.15, 0.2) is 5.84 Å². The molecule has 1 atom stereocenters. The largest absolute Gasteiger partial charge is 0.493 e. The van der Waals surface area contributed by atoms with Gasteiger partial charge in [0.05, 0.1) is 12.2 Å². The molecule has 2 aliphatic heterocycles. The summed E-state index contributed by atoms with van der Waals surface area (Å²) >= 11 is 0. The predicted octanol–water partition coefficient (Wildman–Crippen LogP) is 3.89. The smallest absolute Gasteiger partial charge is 0.229 e. The van der Waals surface area contributed by atoms with Crippen molar-refractivity contribution in [1.82, 2.24) is 10.3 Å². The second kappa shape index (κ2) is 8.81. The Morgan fingerprint density at radius 3 is 2.25 bits per heavy atom. The van der Waals surface area contributed by atoms with Crippen LogP contribution in [0.1, 0.15) is 12.5 Å². The molecule has 3 aromatic rings. The molecule has 5 rings (SSSR count). The van der Waals surface area contributed by atoms with Crippen LogP contribution in [0.25, 0.3) is 0 Å². The third-order valence-electron chi connectivity index (χ3n) is 4.93. The molecule has 0 fully saturated rings. The van der Waals surface area contributed by atoms with E-state index < -0.39 is 6.29 Å². The Morgan fingerprint density at radius 2 is 1.53 bits per heavy atom. The van der Waals surface area contributed by atoms with Gasteiger partial charge in [0.1, 0.15) is 5.75 Å². The van der Waals surface area contributed by atoms with Gasteiger partial charge < -0.3 is 15.4 Å². The number of rotatable bonds is 5. The van der Waals surface area contributed by atoms with Crippen LogP contribution in [0.2, 0.25) is 0 Å². The number of aliphatic imine (C=N–C) groups is 2. The SMILES string of the molecule is CCOc1ccccc1C1=NNC2N=C(Nc3ccccc3)N=C(Nc3ccccc3)N12. The summed E-state index contributed by atoms with van der Waals surface area (Å²) in [5, 5.41) is 11.3. The maximum atomic E-state index is 5.84. The zero-order valence-electron chi connectivity index (χ0n) is 17.6. The minimum absolute atomic E-state index is 0.449. The van der Waals surface area contributed by atoms with Gasteiger partial charge in [-0.1, -0.05) is 48.5 Å². The van der Waals surface area contributed by atoms with Gasteiger partial charge in [-0.25, -0.2) is 4.99 Å². The number of nitrogens with zero attached hydrogens (tertiary/aromatic N) is 4. The van der Waals surface area contributed by atoms with E-state index in [0.29, 0.717) is 24.4 Å². The molecule has 32 heavy (non-hydrogen) atoms. The Labute approximate surface area is 186 Å². The Balaban J connectivity index is 1.51. The zero-order chi connectivity index (χ0) is 21.8. The van der Waals surface area contributed by atoms with Gasteiger partial charge in [-0.3, -0.25) is 10.3 Å². The van der Waals surface area contributed by atoms with Gasteiger partial charge in [-0.05, 0) is 43.3 Å². The molecule has 2 heterocycles. The zero-order valence-corrected chi connectivity index (χ0v) is 17.6. The molecule has 0 radical (unpaired) electrons. The van der Waals surface area contributed by atoms with Gasteiger partial charge in [0.2, 0.25) is 18.2 Å². The van der Waals surface area contributed by atoms with Crippen molar-refractivity contribution >= 4 is 29.1 Å². The van der Waals surface area contributed by atoms with Gasteiger partial charge in [-0.15, -0.1) is 0 Å². The molecule has 3 aromatic carbocycles. The van der Waals surface area contributed by atoms with Crippen molar-refractivity contribution in [3.8, 4) is 5.75 Å². The predicted molar refractivity (Wildman–Crippen MR) is 128 cm³/mol. The highest BCUT2D eigenvalue weighted by Gasteiger charge is 2.37. The van der Waals surface area contributed by atoms with Crippen molar-refractivity contribution in [3.05, 3.63) is 90.5 Å². The van der Waals surface area contributed by atoms with Crippen LogP contribution >= 0.6 is 0 Å². The monoisotopic (exact) mass is 425 g/mol. The summed E-state index contributed by atoms with van der Waals surface area (Å²) in [6.45, 7) is 2.53. The van der Waals surface area contributed by atoms with E-state index in [4.69, 9.17) is 14.7 Å². The van der Waals surface area contributed by atoms with Crippen molar-refractivity contribution in [2.75, 3.05) is 17.2 Å². The van der Waals surface area contributed by atoms with Crippen molar-refractivity contribution in [3.63, 3.8) is 0 Å². The van der Waals surface area contributed by atoms with Crippen LogP contribution in [0.15, 0.2) is 100 Å². The molecule has 0 saturated heterocycles. The summed E-state index contributed by atoms with van der Waals surface area (Å²) in [5.74, 6) is 2.53. The van der Waals surface area contributed by atoms with Gasteiger partial charge in [0.25, 0.3) is 0 Å². The summed E-state index contributed by atoms with van der Waals surface area (Å²) in [5.41, 5.74) is 5.80. The summed E-state index contributed by atoms with van der Waals surface area (Å²) in [4.78, 5) is 11.4. The highest BCUT2D eigenvalue weighted by atomic mass is 16.5. The molecule has 0 amide bonds. The highest BCUT2D eigenvalue weighted by Crippen LogP contribution is 2.26. The molecule has 0 aromatic heterocycles. The van der Waals surface area contributed by atoms with Crippen molar-refractivity contribution in [2.45, 2.75) is 13.2 Å². The second-order valence-electron chi connectivity index (χ2n) is 7.11. The molecule has 0 saturated carbocycles. The van der Waals surface area contributed by atoms with Gasteiger partial charge >= 0.3 is 0 Å². The molecule has 160 valence electrons. The number of guanidine groups is 2. The first-order valence-corrected chi connectivity index (χ1v) is 10.5. The lowest BCUT2D eigenvalue weighted by Gasteiger charge is -2.30. The van der Waals surface area contributed by atoms with E-state index in [9.17, 15) is 0 Å². The Hall–Kier alpha value is -4.33. The minimum atomic E-state index is -0.449. The van der Waals surface area contributed by atoms with Crippen LogP contribution in [0.4, 0.5) is 11.4 Å². The van der Waals surface area contributed by atoms with E-state index in [1.54, 1.807) is 0 Å². The molecule has 0 spiro atoms. The molecule has 8 heteroatoms. The fourth-order valence-electron chi connectivity index (χ4n) is 3.52. The number of nitrogens with one attached hydrogen (secondary N) is 3. The number of amidine groups is 1. The Kier molecular flexibility index (Phi) is 5.40. The van der Waals surface area contributed by atoms with E-state index in [1.165, 1.54) is 0 Å². The number of hydrogen-bond acceptors (Lipinski definition) is 8. The van der Waals surface area contributed by atoms with E-state index in [-0.39, 0.29) is 0 Å². The normalized spacial score (nSPS) is 16.8. The van der Waals surface area contributed by atoms with Crippen molar-refractivity contribution < 1.29 is 4.74 Å². The molecule has 0 bridgehead atoms.